The van der Waals surface area contributed by atoms with Crippen molar-refractivity contribution < 1.29 is 19.4 Å². The number of nitrogens with zero attached hydrogens (tertiary/aromatic N) is 1. The van der Waals surface area contributed by atoms with E-state index in [1.165, 1.54) is 11.3 Å². The summed E-state index contributed by atoms with van der Waals surface area (Å²) in [6.07, 6.45) is 2.29. The summed E-state index contributed by atoms with van der Waals surface area (Å²) < 4.78 is 3.91. The summed E-state index contributed by atoms with van der Waals surface area (Å²) in [5.74, 6) is 0.674. The SMILES string of the molecule is Cc1cc([C](=[W])C(C)C)cn1C(C)C. The van der Waals surface area contributed by atoms with Crippen molar-refractivity contribution in [2.75, 3.05) is 0 Å². The summed E-state index contributed by atoms with van der Waals surface area (Å²) in [5.41, 5.74) is 2.80. The van der Waals surface area contributed by atoms with Gasteiger partial charge in [0.1, 0.15) is 0 Å². The van der Waals surface area contributed by atoms with Gasteiger partial charge in [-0.3, -0.25) is 0 Å². The van der Waals surface area contributed by atoms with Gasteiger partial charge in [0.05, 0.1) is 0 Å². The van der Waals surface area contributed by atoms with Gasteiger partial charge in [0.25, 0.3) is 0 Å². The molecule has 1 aromatic heterocycles. The van der Waals surface area contributed by atoms with Crippen LogP contribution in [0.15, 0.2) is 12.3 Å². The summed E-state index contributed by atoms with van der Waals surface area (Å²) in [7, 11) is 0. The maximum absolute atomic E-state index is 2.35. The van der Waals surface area contributed by atoms with Crippen LogP contribution in [0, 0.1) is 12.8 Å². The van der Waals surface area contributed by atoms with E-state index in [1.54, 1.807) is 23.3 Å². The van der Waals surface area contributed by atoms with E-state index in [1.807, 2.05) is 0 Å². The Hall–Kier alpha value is -0.162. The van der Waals surface area contributed by atoms with Crippen LogP contribution in [0.5, 0.6) is 0 Å². The fraction of sp³-hybridized carbons (Fsp3) is 0.583. The zero-order valence-electron chi connectivity index (χ0n) is 9.66. The Bertz CT molecular complexity index is 334. The fourth-order valence-electron chi connectivity index (χ4n) is 1.61. The predicted octanol–water partition coefficient (Wildman–Crippen LogP) is 3.10. The first-order valence-corrected chi connectivity index (χ1v) is 6.62. The summed E-state index contributed by atoms with van der Waals surface area (Å²) in [6, 6.07) is 2.88. The molecule has 1 aromatic rings. The molecule has 0 saturated heterocycles. The molecule has 0 aliphatic carbocycles. The molecule has 0 aliphatic rings. The third-order valence-corrected chi connectivity index (χ3v) is 4.96. The van der Waals surface area contributed by atoms with E-state index in [4.69, 9.17) is 0 Å². The molecule has 1 heterocycles. The molecule has 78 valence electrons. The van der Waals surface area contributed by atoms with Crippen LogP contribution in [0.1, 0.15) is 45.0 Å². The van der Waals surface area contributed by atoms with Crippen LogP contribution in [0.3, 0.4) is 0 Å². The zero-order chi connectivity index (χ0) is 10.9. The Labute approximate surface area is 97.9 Å². The molecule has 0 amide bonds. The molecule has 0 radical (unpaired) electrons. The van der Waals surface area contributed by atoms with Crippen molar-refractivity contribution in [3.8, 4) is 0 Å². The Morgan fingerprint density at radius 1 is 1.29 bits per heavy atom. The van der Waals surface area contributed by atoms with Crippen molar-refractivity contribution in [1.82, 2.24) is 4.57 Å². The predicted molar refractivity (Wildman–Crippen MR) is 58.5 cm³/mol. The zero-order valence-corrected chi connectivity index (χ0v) is 12.6. The fourth-order valence-corrected chi connectivity index (χ4v) is 2.01. The van der Waals surface area contributed by atoms with Gasteiger partial charge in [-0.05, 0) is 0 Å². The van der Waals surface area contributed by atoms with Gasteiger partial charge in [0.15, 0.2) is 0 Å². The van der Waals surface area contributed by atoms with E-state index in [9.17, 15) is 0 Å². The normalized spacial score (nSPS) is 11.4. The van der Waals surface area contributed by atoms with E-state index in [0.717, 1.165) is 0 Å². The second kappa shape index (κ2) is 4.57. The molecule has 0 atom stereocenters. The van der Waals surface area contributed by atoms with Crippen LogP contribution >= 0.6 is 0 Å². The van der Waals surface area contributed by atoms with Gasteiger partial charge in [-0.25, -0.2) is 0 Å². The Balaban J connectivity index is 3.02. The monoisotopic (exact) mass is 361 g/mol. The van der Waals surface area contributed by atoms with E-state index in [2.05, 4.69) is 51.4 Å². The summed E-state index contributed by atoms with van der Waals surface area (Å²) in [5, 5.41) is 0. The van der Waals surface area contributed by atoms with E-state index < -0.39 is 0 Å². The molecule has 2 heteroatoms. The maximum atomic E-state index is 2.35. The number of hydrogen-bond acceptors (Lipinski definition) is 0. The molecular weight excluding hydrogens is 342 g/mol. The summed E-state index contributed by atoms with van der Waals surface area (Å²) in [4.78, 5) is 0. The van der Waals surface area contributed by atoms with Crippen molar-refractivity contribution in [2.45, 2.75) is 40.7 Å². The van der Waals surface area contributed by atoms with Gasteiger partial charge >= 0.3 is 97.9 Å². The molecule has 0 saturated carbocycles. The van der Waals surface area contributed by atoms with Gasteiger partial charge in [-0.2, -0.15) is 0 Å². The molecule has 0 unspecified atom stereocenters. The number of rotatable bonds is 3. The van der Waals surface area contributed by atoms with Crippen molar-refractivity contribution in [2.24, 2.45) is 5.92 Å². The first-order valence-electron chi connectivity index (χ1n) is 5.16. The average molecular weight is 361 g/mol. The molecule has 14 heavy (non-hydrogen) atoms. The van der Waals surface area contributed by atoms with Crippen LogP contribution in [0.25, 0.3) is 0 Å². The van der Waals surface area contributed by atoms with Gasteiger partial charge in [-0.15, -0.1) is 0 Å². The van der Waals surface area contributed by atoms with Crippen molar-refractivity contribution in [3.63, 3.8) is 0 Å². The second-order valence-corrected chi connectivity index (χ2v) is 5.97. The van der Waals surface area contributed by atoms with E-state index >= 15 is 0 Å². The Morgan fingerprint density at radius 3 is 2.21 bits per heavy atom. The first-order chi connectivity index (χ1) is 6.43. The minimum absolute atomic E-state index is 0.568. The van der Waals surface area contributed by atoms with Crippen LogP contribution in [-0.4, -0.2) is 8.47 Å². The van der Waals surface area contributed by atoms with Crippen LogP contribution in [-0.2, 0) is 19.4 Å². The quantitative estimate of drug-likeness (QED) is 0.780. The second-order valence-electron chi connectivity index (χ2n) is 4.39. The molecule has 0 fully saturated rings. The molecule has 1 nitrogen and oxygen atoms in total. The van der Waals surface area contributed by atoms with E-state index in [0.29, 0.717) is 12.0 Å². The van der Waals surface area contributed by atoms with Crippen LogP contribution in [0.2, 0.25) is 0 Å². The van der Waals surface area contributed by atoms with Gasteiger partial charge in [-0.1, -0.05) is 0 Å². The van der Waals surface area contributed by atoms with Crippen molar-refractivity contribution in [3.05, 3.63) is 23.5 Å². The minimum atomic E-state index is 0.568. The van der Waals surface area contributed by atoms with Crippen LogP contribution < -0.4 is 0 Å². The van der Waals surface area contributed by atoms with Crippen LogP contribution in [0.4, 0.5) is 0 Å². The standard InChI is InChI=1S/C12H19N.W/c1-9(2)6-12-7-11(5)13(8-12)10(3)4;/h7-10H,1-5H3;. The average Bonchev–Trinajstić information content (AvgIpc) is 2.45. The van der Waals surface area contributed by atoms with Crippen molar-refractivity contribution >= 4 is 3.90 Å². The first kappa shape index (κ1) is 11.9. The van der Waals surface area contributed by atoms with Crippen molar-refractivity contribution in [1.29, 1.82) is 0 Å². The molecule has 0 N–H and O–H groups in total. The van der Waals surface area contributed by atoms with Gasteiger partial charge in [0.2, 0.25) is 0 Å². The molecule has 0 bridgehead atoms. The molecule has 0 aliphatic heterocycles. The molecule has 0 aromatic carbocycles. The molecular formula is C12H19NW. The molecule has 0 spiro atoms. The number of hydrogen-bond donors (Lipinski definition) is 0. The van der Waals surface area contributed by atoms with Gasteiger partial charge < -0.3 is 0 Å². The van der Waals surface area contributed by atoms with E-state index in [-0.39, 0.29) is 0 Å². The third kappa shape index (κ3) is 2.45. The Kier molecular flexibility index (Phi) is 3.89. The third-order valence-electron chi connectivity index (χ3n) is 2.42. The summed E-state index contributed by atoms with van der Waals surface area (Å²) >= 11 is 1.59. The summed E-state index contributed by atoms with van der Waals surface area (Å²) in [6.45, 7) is 11.2. The molecule has 1 rings (SSSR count). The van der Waals surface area contributed by atoms with Gasteiger partial charge in [0, 0.05) is 0 Å². The Morgan fingerprint density at radius 2 is 1.86 bits per heavy atom. The number of aryl methyl sites for hydroxylation is 1. The topological polar surface area (TPSA) is 4.93 Å². The number of aromatic nitrogens is 1.